The van der Waals surface area contributed by atoms with Crippen LogP contribution in [0.4, 0.5) is 16.2 Å². The van der Waals surface area contributed by atoms with Gasteiger partial charge in [0.15, 0.2) is 0 Å². The molecule has 3 aromatic carbocycles. The summed E-state index contributed by atoms with van der Waals surface area (Å²) >= 11 is 0. The highest BCUT2D eigenvalue weighted by Crippen LogP contribution is 2.26. The lowest BCUT2D eigenvalue weighted by atomic mass is 10.0. The lowest BCUT2D eigenvalue weighted by Crippen LogP contribution is -2.45. The van der Waals surface area contributed by atoms with E-state index in [0.29, 0.717) is 30.3 Å². The van der Waals surface area contributed by atoms with Crippen LogP contribution in [0, 0.1) is 0 Å². The van der Waals surface area contributed by atoms with Gasteiger partial charge in [-0.15, -0.1) is 0 Å². The number of amides is 3. The minimum Gasteiger partial charge on any atom is -0.478 e. The van der Waals surface area contributed by atoms with Crippen LogP contribution < -0.4 is 10.6 Å². The van der Waals surface area contributed by atoms with Gasteiger partial charge in [0.2, 0.25) is 5.91 Å². The molecule has 1 saturated heterocycles. The molecule has 1 fully saturated rings. The molecule has 1 aliphatic heterocycles. The Hall–Kier alpha value is -4.17. The summed E-state index contributed by atoms with van der Waals surface area (Å²) in [5.74, 6) is -0.868. The average Bonchev–Trinajstić information content (AvgIpc) is 3.35. The average molecular weight is 502 g/mol. The first-order valence-electron chi connectivity index (χ1n) is 12.2. The molecule has 3 amide bonds. The van der Waals surface area contributed by atoms with Crippen LogP contribution in [0.25, 0.3) is 11.1 Å². The second-order valence-corrected chi connectivity index (χ2v) is 9.42. The molecule has 2 atom stereocenters. The number of carboxylic acid groups (broad SMARTS) is 1. The van der Waals surface area contributed by atoms with Crippen molar-refractivity contribution in [1.82, 2.24) is 4.90 Å². The SMILES string of the molecule is COC1C[C@@H](C(=O)Nc2ccc(-c3ccc(C(=O)O)cc3)cc2)N(C(=O)Nc2ccc(C(C)C)cc2)C1. The molecule has 3 N–H and O–H groups in total. The molecular formula is C29H31N3O5. The number of carbonyl (C=O) groups is 3. The normalized spacial score (nSPS) is 17.0. The van der Waals surface area contributed by atoms with Gasteiger partial charge in [0.1, 0.15) is 6.04 Å². The molecule has 192 valence electrons. The van der Waals surface area contributed by atoms with E-state index in [4.69, 9.17) is 9.84 Å². The van der Waals surface area contributed by atoms with Crippen LogP contribution in [-0.2, 0) is 9.53 Å². The second kappa shape index (κ2) is 11.3. The standard InChI is InChI=1S/C29H31N3O5/c1-18(2)19-8-12-24(13-9-19)31-29(36)32-17-25(37-3)16-26(32)27(33)30-23-14-10-21(11-15-23)20-4-6-22(7-5-20)28(34)35/h4-15,18,25-26H,16-17H2,1-3H3,(H,30,33)(H,31,36)(H,34,35)/t25?,26-/m0/s1. The van der Waals surface area contributed by atoms with Crippen molar-refractivity contribution in [3.8, 4) is 11.1 Å². The summed E-state index contributed by atoms with van der Waals surface area (Å²) in [5, 5.41) is 14.9. The maximum atomic E-state index is 13.2. The highest BCUT2D eigenvalue weighted by molar-refractivity contribution is 6.00. The van der Waals surface area contributed by atoms with Crippen molar-refractivity contribution in [3.05, 3.63) is 83.9 Å². The number of hydrogen-bond acceptors (Lipinski definition) is 4. The third-order valence-corrected chi connectivity index (χ3v) is 6.61. The van der Waals surface area contributed by atoms with Crippen molar-refractivity contribution in [2.45, 2.75) is 38.3 Å². The van der Waals surface area contributed by atoms with Gasteiger partial charge in [0.25, 0.3) is 0 Å². The smallest absolute Gasteiger partial charge is 0.335 e. The number of likely N-dealkylation sites (tertiary alicyclic amines) is 1. The largest absolute Gasteiger partial charge is 0.478 e. The van der Waals surface area contributed by atoms with Crippen LogP contribution in [0.15, 0.2) is 72.8 Å². The molecule has 0 saturated carbocycles. The number of aromatic carboxylic acids is 1. The molecule has 0 aliphatic carbocycles. The van der Waals surface area contributed by atoms with E-state index in [1.165, 1.54) is 10.5 Å². The Balaban J connectivity index is 1.42. The van der Waals surface area contributed by atoms with Gasteiger partial charge in [-0.25, -0.2) is 9.59 Å². The number of rotatable bonds is 7. The van der Waals surface area contributed by atoms with Gasteiger partial charge in [-0.3, -0.25) is 4.79 Å². The summed E-state index contributed by atoms with van der Waals surface area (Å²) in [4.78, 5) is 38.8. The molecule has 1 unspecified atom stereocenters. The zero-order chi connectivity index (χ0) is 26.5. The van der Waals surface area contributed by atoms with Gasteiger partial charge in [-0.1, -0.05) is 50.2 Å². The van der Waals surface area contributed by atoms with Crippen molar-refractivity contribution in [3.63, 3.8) is 0 Å². The summed E-state index contributed by atoms with van der Waals surface area (Å²) < 4.78 is 5.46. The molecule has 4 rings (SSSR count). The van der Waals surface area contributed by atoms with Gasteiger partial charge < -0.3 is 25.4 Å². The maximum absolute atomic E-state index is 13.2. The highest BCUT2D eigenvalue weighted by atomic mass is 16.5. The number of nitrogens with one attached hydrogen (secondary N) is 2. The summed E-state index contributed by atoms with van der Waals surface area (Å²) in [6.07, 6.45) is 0.164. The number of urea groups is 1. The quantitative estimate of drug-likeness (QED) is 0.400. The maximum Gasteiger partial charge on any atom is 0.335 e. The van der Waals surface area contributed by atoms with E-state index in [0.717, 1.165) is 11.1 Å². The lowest BCUT2D eigenvalue weighted by Gasteiger charge is -2.24. The second-order valence-electron chi connectivity index (χ2n) is 9.42. The van der Waals surface area contributed by atoms with E-state index in [-0.39, 0.29) is 23.6 Å². The van der Waals surface area contributed by atoms with E-state index in [1.807, 2.05) is 36.4 Å². The van der Waals surface area contributed by atoms with E-state index in [9.17, 15) is 14.4 Å². The van der Waals surface area contributed by atoms with Crippen LogP contribution >= 0.6 is 0 Å². The topological polar surface area (TPSA) is 108 Å². The van der Waals surface area contributed by atoms with Crippen molar-refractivity contribution in [1.29, 1.82) is 0 Å². The predicted octanol–water partition coefficient (Wildman–Crippen LogP) is 5.44. The Kier molecular flexibility index (Phi) is 7.89. The third-order valence-electron chi connectivity index (χ3n) is 6.61. The number of anilines is 2. The number of nitrogens with zero attached hydrogens (tertiary/aromatic N) is 1. The Morgan fingerprint density at radius 1 is 0.865 bits per heavy atom. The molecule has 8 heteroatoms. The van der Waals surface area contributed by atoms with Crippen LogP contribution in [0.3, 0.4) is 0 Å². The fourth-order valence-corrected chi connectivity index (χ4v) is 4.36. The van der Waals surface area contributed by atoms with Gasteiger partial charge in [0.05, 0.1) is 11.7 Å². The summed E-state index contributed by atoms with van der Waals surface area (Å²) in [6, 6.07) is 20.5. The minimum absolute atomic E-state index is 0.222. The Labute approximate surface area is 216 Å². The fraction of sp³-hybridized carbons (Fsp3) is 0.276. The van der Waals surface area contributed by atoms with Crippen molar-refractivity contribution in [2.75, 3.05) is 24.3 Å². The van der Waals surface area contributed by atoms with E-state index in [1.54, 1.807) is 43.5 Å². The molecule has 1 heterocycles. The van der Waals surface area contributed by atoms with Gasteiger partial charge in [-0.05, 0) is 59.0 Å². The molecule has 0 spiro atoms. The van der Waals surface area contributed by atoms with E-state index in [2.05, 4.69) is 24.5 Å². The fourth-order valence-electron chi connectivity index (χ4n) is 4.36. The van der Waals surface area contributed by atoms with Gasteiger partial charge in [0, 0.05) is 31.5 Å². The van der Waals surface area contributed by atoms with Gasteiger partial charge in [-0.2, -0.15) is 0 Å². The third kappa shape index (κ3) is 6.16. The molecule has 0 bridgehead atoms. The molecular weight excluding hydrogens is 470 g/mol. The van der Waals surface area contributed by atoms with E-state index < -0.39 is 12.0 Å². The molecule has 3 aromatic rings. The summed E-state index contributed by atoms with van der Waals surface area (Å²) in [6.45, 7) is 4.53. The van der Waals surface area contributed by atoms with Crippen LogP contribution in [0.5, 0.6) is 0 Å². The molecule has 0 radical (unpaired) electrons. The number of hydrogen-bond donors (Lipinski definition) is 3. The molecule has 1 aliphatic rings. The van der Waals surface area contributed by atoms with E-state index >= 15 is 0 Å². The Bertz CT molecular complexity index is 1250. The first-order valence-corrected chi connectivity index (χ1v) is 12.2. The zero-order valence-corrected chi connectivity index (χ0v) is 21.1. The molecule has 0 aromatic heterocycles. The Morgan fingerprint density at radius 2 is 1.41 bits per heavy atom. The first-order chi connectivity index (χ1) is 17.7. The number of benzene rings is 3. The number of carbonyl (C=O) groups excluding carboxylic acids is 2. The number of ether oxygens (including phenoxy) is 1. The van der Waals surface area contributed by atoms with Crippen LogP contribution in [-0.4, -0.2) is 53.7 Å². The number of methoxy groups -OCH3 is 1. The molecule has 8 nitrogen and oxygen atoms in total. The van der Waals surface area contributed by atoms with Crippen molar-refractivity contribution >= 4 is 29.3 Å². The monoisotopic (exact) mass is 501 g/mol. The lowest BCUT2D eigenvalue weighted by molar-refractivity contribution is -0.119. The Morgan fingerprint density at radius 3 is 1.95 bits per heavy atom. The minimum atomic E-state index is -0.973. The van der Waals surface area contributed by atoms with Crippen molar-refractivity contribution < 1.29 is 24.2 Å². The van der Waals surface area contributed by atoms with Crippen LogP contribution in [0.1, 0.15) is 42.1 Å². The van der Waals surface area contributed by atoms with Crippen molar-refractivity contribution in [2.24, 2.45) is 0 Å². The predicted molar refractivity (Wildman–Crippen MR) is 143 cm³/mol. The molecule has 37 heavy (non-hydrogen) atoms. The zero-order valence-electron chi connectivity index (χ0n) is 21.1. The summed E-state index contributed by atoms with van der Waals surface area (Å²) in [7, 11) is 1.58. The highest BCUT2D eigenvalue weighted by Gasteiger charge is 2.40. The summed E-state index contributed by atoms with van der Waals surface area (Å²) in [5.41, 5.74) is 4.42. The van der Waals surface area contributed by atoms with Crippen LogP contribution in [0.2, 0.25) is 0 Å². The van der Waals surface area contributed by atoms with Gasteiger partial charge >= 0.3 is 12.0 Å². The first kappa shape index (κ1) is 25.9. The number of carboxylic acids is 1.